The number of alkyl halides is 1. The Hall–Kier alpha value is -7.49. The predicted molar refractivity (Wildman–Crippen MR) is 553 cm³/mol. The van der Waals surface area contributed by atoms with E-state index in [4.69, 9.17) is 65.7 Å². The van der Waals surface area contributed by atoms with Gasteiger partial charge in [-0.3, -0.25) is 38.8 Å². The molecular weight excluding hydrogens is 2160 g/mol. The molecule has 1 atom stereocenters. The Kier molecular flexibility index (Phi) is 62.6. The SMILES string of the molecule is CC(C)[Si](C(C)C)(C(C)C)n1cccc1.CC1(C)OB(c2cc(CS(C)(=O)=O)ccc2N)OC1(C)C.CC1(C)O[B]OC1(C)C.CCOC(=O)C(=O)C1=CCC=C1.CCOC(=O)C(=O)Cl.CCOC(=O)CC1=CCC=C1.CS(=O)(=O)Cc1ccc(N)c(I)c1.CS(=O)(=O)Cc1ccc(N)cc1.CS(=O)(=O)Cc1ccc([N+](=O)[O-])cc1.CS(=O)[O-].O=C=NS(=O)(=O)Cl.O=[N+]([O-])c1ccc(CBr)cc1.[Na+]. The molecule has 0 amide bonds. The smallest absolute Gasteiger partial charge is 0.773 e. The molecule has 0 bridgehead atoms. The number of benzene rings is 5. The van der Waals surface area contributed by atoms with Crippen LogP contribution in [-0.2, 0) is 150 Å². The van der Waals surface area contributed by atoms with Crippen LogP contribution in [0.5, 0.6) is 0 Å². The van der Waals surface area contributed by atoms with E-state index in [0.29, 0.717) is 52.3 Å². The number of anilines is 3. The molecule has 6 N–H and O–H groups in total. The quantitative estimate of drug-likeness (QED) is 0.00382. The molecule has 6 aromatic rings. The summed E-state index contributed by atoms with van der Waals surface area (Å²) in [6.07, 6.45) is 24.5. The zero-order valence-corrected chi connectivity index (χ0v) is 94.8. The fraction of sp³-hybridized carbons (Fsp3) is 0.455. The third kappa shape index (κ3) is 56.4. The maximum Gasteiger partial charge on any atom is 1.00 e. The van der Waals surface area contributed by atoms with Gasteiger partial charge in [-0.25, -0.2) is 48.1 Å². The van der Waals surface area contributed by atoms with Crippen molar-refractivity contribution in [3.63, 3.8) is 0 Å². The van der Waals surface area contributed by atoms with E-state index in [1.807, 2.05) is 86.6 Å². The van der Waals surface area contributed by atoms with Crippen molar-refractivity contribution in [2.45, 2.75) is 204 Å². The van der Waals surface area contributed by atoms with Crippen LogP contribution in [-0.4, -0.2) is 196 Å². The number of Topliss-reactive ketones (excluding diaryl/α,β-unsaturated/α-hetero) is 1. The van der Waals surface area contributed by atoms with E-state index in [2.05, 4.69) is 133 Å². The minimum Gasteiger partial charge on any atom is -0.773 e. The number of hydrogen-bond acceptors (Lipinski definition) is 32. The number of nitro groups is 2. The molecule has 761 valence electrons. The van der Waals surface area contributed by atoms with Crippen molar-refractivity contribution in [2.75, 3.05) is 68.3 Å². The molecule has 5 aromatic carbocycles. The van der Waals surface area contributed by atoms with Crippen LogP contribution in [0.4, 0.5) is 28.4 Å². The molecule has 50 heteroatoms. The van der Waals surface area contributed by atoms with E-state index in [1.54, 1.807) is 98.8 Å². The number of aromatic nitrogens is 1. The van der Waals surface area contributed by atoms with E-state index in [0.717, 1.165) is 79.2 Å². The Morgan fingerprint density at radius 2 is 0.957 bits per heavy atom. The number of nitrogens with zero attached hydrogens (tertiary/aromatic N) is 4. The first kappa shape index (κ1) is 135. The summed E-state index contributed by atoms with van der Waals surface area (Å²) in [5.74, 6) is -2.41. The number of sulfone groups is 4. The summed E-state index contributed by atoms with van der Waals surface area (Å²) in [7, 11) is -12.3. The number of ketones is 1. The topological polar surface area (TPSA) is 559 Å². The second-order valence-corrected chi connectivity index (χ2v) is 52.3. The van der Waals surface area contributed by atoms with Gasteiger partial charge in [0.15, 0.2) is 47.6 Å². The van der Waals surface area contributed by atoms with Crippen molar-refractivity contribution in [1.82, 2.24) is 4.23 Å². The Bertz CT molecular complexity index is 5690. The fourth-order valence-corrected chi connectivity index (χ4v) is 22.8. The average Bonchev–Trinajstić information content (AvgIpc) is 1.49. The number of esters is 3. The number of rotatable bonds is 25. The van der Waals surface area contributed by atoms with Crippen molar-refractivity contribution >= 4 is 212 Å². The Morgan fingerprint density at radius 1 is 0.594 bits per heavy atom. The van der Waals surface area contributed by atoms with Gasteiger partial charge in [0, 0.05) is 97.0 Å². The summed E-state index contributed by atoms with van der Waals surface area (Å²) in [5.41, 5.74) is 26.0. The molecule has 10 rings (SSSR count). The van der Waals surface area contributed by atoms with Gasteiger partial charge in [0.25, 0.3) is 23.2 Å². The van der Waals surface area contributed by atoms with Crippen LogP contribution in [0.15, 0.2) is 186 Å². The van der Waals surface area contributed by atoms with Crippen LogP contribution >= 0.6 is 60.8 Å². The monoisotopic (exact) mass is 2280 g/mol. The predicted octanol–water partition coefficient (Wildman–Crippen LogP) is 12.1. The molecule has 2 aliphatic carbocycles. The zero-order valence-electron chi connectivity index (χ0n) is 81.7. The van der Waals surface area contributed by atoms with Gasteiger partial charge in [-0.15, -0.1) is 0 Å². The van der Waals surface area contributed by atoms with Gasteiger partial charge in [-0.05, 0) is 234 Å². The molecule has 2 saturated heterocycles. The third-order valence-electron chi connectivity index (χ3n) is 19.4. The number of nitrogen functional groups attached to an aromatic ring is 3. The molecule has 138 heavy (non-hydrogen) atoms. The maximum atomic E-state index is 11.4. The number of isocyanates is 1. The zero-order chi connectivity index (χ0) is 106. The molecular formula is C88H125B2BrCl2IN7NaO29S6Si. The van der Waals surface area contributed by atoms with Crippen molar-refractivity contribution in [3.8, 4) is 0 Å². The number of hydrogen-bond donors (Lipinski definition) is 3. The first-order chi connectivity index (χ1) is 62.8. The fourth-order valence-electron chi connectivity index (χ4n) is 12.0. The van der Waals surface area contributed by atoms with Gasteiger partial charge in [-0.1, -0.05) is 164 Å². The maximum absolute atomic E-state index is 11.4. The molecule has 3 heterocycles. The third-order valence-corrected chi connectivity index (χ3v) is 31.8. The van der Waals surface area contributed by atoms with Crippen LogP contribution in [0.2, 0.25) is 16.6 Å². The molecule has 0 saturated carbocycles. The standard InChI is InChI=1S/C14H22BNO4S.C13H25NSi.C9H10O3.C9H12O2.C8H10INO2S.C8H9NO4S.C8H11NO2S.C7H6BrNO2.C6H12BO2.C4H5ClO3.CClNO3S.CH4O2S.Na/c1-13(2)14(3,4)20-15(19-13)11-8-10(6-7-12(11)16)9-21(5,17)18;1-11(2)15(12(3)4,13(5)6)14-9-7-8-10-14;1-2-12-9(11)8(10)7-5-3-4-6-7;1-2-11-9(10)7-8-5-3-4-6-8;1-13(11,12)5-6-2-3-8(10)7(9)4-6;1-14(12,13)6-7-2-4-8(5-3-7)9(10)11;1-12(10,11)6-7-2-4-8(9)5-3-7;8-5-6-1-3-7(4-2-6)9(10)11;1-5(2)6(3,4)9-7-8-5;1-2-8-4(7)3(5)6;2-7(5,6)3-1-4;1-4(2)3;/h6-8H,9,16H2,1-5H3;7-13H,1-6H3;3,5-6H,2,4H2,1H3;3,5-6H,2,4,7H2,1H3;2-4H,5,10H2,1H3;2-5H,6H2,1H3;2-5H,6,9H2,1H3;1-4H,5H2;1-4H3;2H2,1H3;;1H3,(H,2,3);/q;;;;;;;;;;;;+1/p-1. The van der Waals surface area contributed by atoms with E-state index in [9.17, 15) is 86.3 Å². The summed E-state index contributed by atoms with van der Waals surface area (Å²) in [6.45, 7) is 36.2. The number of allylic oxidation sites excluding steroid dienone is 6. The molecule has 2 fully saturated rings. The van der Waals surface area contributed by atoms with Crippen molar-refractivity contribution < 1.29 is 152 Å². The Morgan fingerprint density at radius 3 is 1.26 bits per heavy atom. The molecule has 1 aromatic heterocycles. The molecule has 4 aliphatic rings. The van der Waals surface area contributed by atoms with Crippen LogP contribution in [0.25, 0.3) is 0 Å². The van der Waals surface area contributed by atoms with Crippen molar-refractivity contribution in [2.24, 2.45) is 4.40 Å². The summed E-state index contributed by atoms with van der Waals surface area (Å²) in [4.78, 5) is 81.4. The normalized spacial score (nSPS) is 14.3. The molecule has 36 nitrogen and oxygen atoms in total. The van der Waals surface area contributed by atoms with Gasteiger partial charge in [0.05, 0.1) is 81.5 Å². The van der Waals surface area contributed by atoms with E-state index in [-0.39, 0.29) is 94.3 Å². The minimum atomic E-state index is -4.00. The summed E-state index contributed by atoms with van der Waals surface area (Å²) < 4.78 is 167. The van der Waals surface area contributed by atoms with Gasteiger partial charge < -0.3 is 58.8 Å². The number of carbonyl (C=O) groups excluding carboxylic acids is 6. The number of nitrogens with two attached hydrogens (primary N) is 3. The van der Waals surface area contributed by atoms with Crippen LogP contribution in [0.3, 0.4) is 0 Å². The van der Waals surface area contributed by atoms with Crippen LogP contribution in [0, 0.1) is 23.8 Å². The summed E-state index contributed by atoms with van der Waals surface area (Å²) in [5, 5.41) is 20.1. The van der Waals surface area contributed by atoms with E-state index in [1.165, 1.54) is 62.9 Å². The van der Waals surface area contributed by atoms with Crippen molar-refractivity contribution in [3.05, 3.63) is 233 Å². The first-order valence-electron chi connectivity index (χ1n) is 41.5. The number of ether oxygens (including phenoxy) is 3. The summed E-state index contributed by atoms with van der Waals surface area (Å²) in [6, 6.07) is 33.5. The molecule has 1 unspecified atom stereocenters. The minimum absolute atomic E-state index is 0. The van der Waals surface area contributed by atoms with Gasteiger partial charge >= 0.3 is 76.7 Å². The van der Waals surface area contributed by atoms with Gasteiger partial charge in [0.1, 0.15) is 0 Å². The van der Waals surface area contributed by atoms with E-state index >= 15 is 0 Å². The second-order valence-electron chi connectivity index (χ2n) is 32.9. The Labute approximate surface area is 870 Å². The van der Waals surface area contributed by atoms with Crippen molar-refractivity contribution in [1.29, 1.82) is 0 Å². The van der Waals surface area contributed by atoms with Crippen LogP contribution in [0.1, 0.15) is 165 Å². The number of carbonyl (C=O) groups is 5. The first-order valence-corrected chi connectivity index (χ1v) is 58.3. The van der Waals surface area contributed by atoms with Gasteiger partial charge in [-0.2, -0.15) is 8.42 Å². The second kappa shape index (κ2) is 64.2. The average molecular weight is 2290 g/mol. The van der Waals surface area contributed by atoms with Crippen LogP contribution < -0.4 is 52.2 Å². The number of non-ortho nitro benzene ring substituents is 2. The van der Waals surface area contributed by atoms with E-state index < -0.39 is 119 Å². The molecule has 0 spiro atoms. The largest absolute Gasteiger partial charge is 1.00 e. The number of halogens is 4. The molecule has 1 radical (unpaired) electrons. The summed E-state index contributed by atoms with van der Waals surface area (Å²) >= 11 is 8.16. The number of nitro benzene ring substituents is 2. The van der Waals surface area contributed by atoms with Gasteiger partial charge in [0.2, 0.25) is 0 Å². The molecule has 2 aliphatic heterocycles. The Balaban J connectivity index is -0.00000146.